The van der Waals surface area contributed by atoms with Gasteiger partial charge in [0.1, 0.15) is 0 Å². The highest BCUT2D eigenvalue weighted by molar-refractivity contribution is 4.91. The van der Waals surface area contributed by atoms with Crippen LogP contribution in [0.5, 0.6) is 0 Å². The molecule has 1 aliphatic heterocycles. The van der Waals surface area contributed by atoms with E-state index >= 15 is 0 Å². The molecule has 0 amide bonds. The van der Waals surface area contributed by atoms with Crippen LogP contribution in [0.1, 0.15) is 40.0 Å². The Bertz CT molecular complexity index is 146. The predicted molar refractivity (Wildman–Crippen MR) is 57.7 cm³/mol. The topological polar surface area (TPSA) is 29.3 Å². The van der Waals surface area contributed by atoms with Gasteiger partial charge >= 0.3 is 0 Å². The molecule has 1 heterocycles. The molecule has 1 rings (SSSR count). The first kappa shape index (κ1) is 11.0. The number of likely N-dealkylation sites (tertiary alicyclic amines) is 1. The van der Waals surface area contributed by atoms with E-state index in [0.717, 1.165) is 6.54 Å². The van der Waals surface area contributed by atoms with Crippen LogP contribution >= 0.6 is 0 Å². The van der Waals surface area contributed by atoms with Gasteiger partial charge in [-0.2, -0.15) is 0 Å². The lowest BCUT2D eigenvalue weighted by Crippen LogP contribution is -2.58. The van der Waals surface area contributed by atoms with E-state index in [-0.39, 0.29) is 0 Å². The van der Waals surface area contributed by atoms with E-state index in [4.69, 9.17) is 5.73 Å². The summed E-state index contributed by atoms with van der Waals surface area (Å²) in [7, 11) is 0. The number of unbranched alkanes of at least 4 members (excludes halogenated alkanes) is 1. The first-order valence-corrected chi connectivity index (χ1v) is 5.53. The summed E-state index contributed by atoms with van der Waals surface area (Å²) in [5.41, 5.74) is 6.31. The number of hydrogen-bond donors (Lipinski definition) is 1. The minimum absolute atomic E-state index is 0.541. The summed E-state index contributed by atoms with van der Waals surface area (Å²) in [5, 5.41) is 0. The van der Waals surface area contributed by atoms with Crippen LogP contribution in [-0.2, 0) is 0 Å². The summed E-state index contributed by atoms with van der Waals surface area (Å²) in [5.74, 6) is 0. The number of hydrogen-bond acceptors (Lipinski definition) is 2. The SMILES string of the molecule is CCCCC(CN)N1CC(C)(C)C1. The van der Waals surface area contributed by atoms with Crippen molar-refractivity contribution < 1.29 is 0 Å². The van der Waals surface area contributed by atoms with Crippen molar-refractivity contribution in [3.05, 3.63) is 0 Å². The molecule has 0 saturated carbocycles. The van der Waals surface area contributed by atoms with Crippen molar-refractivity contribution in [1.29, 1.82) is 0 Å². The first-order chi connectivity index (χ1) is 6.09. The van der Waals surface area contributed by atoms with Gasteiger partial charge in [-0.25, -0.2) is 0 Å². The molecule has 0 radical (unpaired) electrons. The van der Waals surface area contributed by atoms with Crippen LogP contribution in [0.2, 0.25) is 0 Å². The molecule has 0 aromatic rings. The lowest BCUT2D eigenvalue weighted by Gasteiger charge is -2.49. The Morgan fingerprint density at radius 2 is 2.00 bits per heavy atom. The third-order valence-electron chi connectivity index (χ3n) is 2.94. The molecule has 2 nitrogen and oxygen atoms in total. The Kier molecular flexibility index (Phi) is 3.74. The zero-order valence-corrected chi connectivity index (χ0v) is 9.34. The molecular weight excluding hydrogens is 160 g/mol. The first-order valence-electron chi connectivity index (χ1n) is 5.53. The smallest absolute Gasteiger partial charge is 0.0218 e. The van der Waals surface area contributed by atoms with Gasteiger partial charge in [-0.05, 0) is 11.8 Å². The fourth-order valence-corrected chi connectivity index (χ4v) is 2.20. The van der Waals surface area contributed by atoms with E-state index < -0.39 is 0 Å². The summed E-state index contributed by atoms with van der Waals surface area (Å²) >= 11 is 0. The van der Waals surface area contributed by atoms with Crippen LogP contribution in [0.4, 0.5) is 0 Å². The van der Waals surface area contributed by atoms with E-state index in [1.54, 1.807) is 0 Å². The highest BCUT2D eigenvalue weighted by Gasteiger charge is 2.37. The van der Waals surface area contributed by atoms with Gasteiger partial charge in [0.25, 0.3) is 0 Å². The van der Waals surface area contributed by atoms with Gasteiger partial charge < -0.3 is 5.73 Å². The van der Waals surface area contributed by atoms with Crippen LogP contribution in [-0.4, -0.2) is 30.6 Å². The van der Waals surface area contributed by atoms with E-state index in [1.165, 1.54) is 32.4 Å². The molecule has 0 spiro atoms. The van der Waals surface area contributed by atoms with E-state index in [1.807, 2.05) is 0 Å². The normalized spacial score (nSPS) is 24.0. The van der Waals surface area contributed by atoms with E-state index in [9.17, 15) is 0 Å². The molecule has 1 unspecified atom stereocenters. The van der Waals surface area contributed by atoms with Crippen molar-refractivity contribution in [3.8, 4) is 0 Å². The molecule has 78 valence electrons. The van der Waals surface area contributed by atoms with Crippen LogP contribution in [0.3, 0.4) is 0 Å². The van der Waals surface area contributed by atoms with Crippen molar-refractivity contribution in [2.45, 2.75) is 46.1 Å². The lowest BCUT2D eigenvalue weighted by molar-refractivity contribution is -0.00632. The van der Waals surface area contributed by atoms with Gasteiger partial charge in [0.15, 0.2) is 0 Å². The molecule has 0 aromatic carbocycles. The zero-order chi connectivity index (χ0) is 9.90. The van der Waals surface area contributed by atoms with Crippen molar-refractivity contribution in [3.63, 3.8) is 0 Å². The fourth-order valence-electron chi connectivity index (χ4n) is 2.20. The second-order valence-corrected chi connectivity index (χ2v) is 5.10. The molecule has 0 aliphatic carbocycles. The minimum atomic E-state index is 0.541. The molecule has 0 aromatic heterocycles. The highest BCUT2D eigenvalue weighted by Crippen LogP contribution is 2.31. The lowest BCUT2D eigenvalue weighted by atomic mass is 9.82. The van der Waals surface area contributed by atoms with Crippen LogP contribution in [0.25, 0.3) is 0 Å². The molecule has 13 heavy (non-hydrogen) atoms. The molecular formula is C11H24N2. The highest BCUT2D eigenvalue weighted by atomic mass is 15.2. The fraction of sp³-hybridized carbons (Fsp3) is 1.00. The van der Waals surface area contributed by atoms with Crippen molar-refractivity contribution in [2.75, 3.05) is 19.6 Å². The second-order valence-electron chi connectivity index (χ2n) is 5.10. The maximum atomic E-state index is 5.77. The standard InChI is InChI=1S/C11H24N2/c1-4-5-6-10(7-12)13-8-11(2,3)9-13/h10H,4-9,12H2,1-3H3. The van der Waals surface area contributed by atoms with Gasteiger partial charge in [-0.15, -0.1) is 0 Å². The van der Waals surface area contributed by atoms with Crippen molar-refractivity contribution in [1.82, 2.24) is 4.90 Å². The third-order valence-corrected chi connectivity index (χ3v) is 2.94. The summed E-state index contributed by atoms with van der Waals surface area (Å²) < 4.78 is 0. The van der Waals surface area contributed by atoms with E-state index in [2.05, 4.69) is 25.7 Å². The van der Waals surface area contributed by atoms with Crippen molar-refractivity contribution in [2.24, 2.45) is 11.1 Å². The van der Waals surface area contributed by atoms with Gasteiger partial charge in [-0.1, -0.05) is 33.6 Å². The molecule has 1 fully saturated rings. The molecule has 0 bridgehead atoms. The third kappa shape index (κ3) is 2.96. The van der Waals surface area contributed by atoms with Crippen LogP contribution in [0, 0.1) is 5.41 Å². The largest absolute Gasteiger partial charge is 0.329 e. The maximum absolute atomic E-state index is 5.77. The Morgan fingerprint density at radius 3 is 2.38 bits per heavy atom. The Balaban J connectivity index is 2.25. The van der Waals surface area contributed by atoms with Crippen molar-refractivity contribution >= 4 is 0 Å². The zero-order valence-electron chi connectivity index (χ0n) is 9.34. The quantitative estimate of drug-likeness (QED) is 0.706. The monoisotopic (exact) mass is 184 g/mol. The maximum Gasteiger partial charge on any atom is 0.0218 e. The Hall–Kier alpha value is -0.0800. The van der Waals surface area contributed by atoms with Gasteiger partial charge in [0, 0.05) is 25.7 Å². The molecule has 1 saturated heterocycles. The predicted octanol–water partition coefficient (Wildman–Crippen LogP) is 1.85. The summed E-state index contributed by atoms with van der Waals surface area (Å²) in [6.07, 6.45) is 3.88. The molecule has 1 atom stereocenters. The average molecular weight is 184 g/mol. The average Bonchev–Trinajstić information content (AvgIpc) is 2.02. The minimum Gasteiger partial charge on any atom is -0.329 e. The Labute approximate surface area is 82.5 Å². The van der Waals surface area contributed by atoms with Gasteiger partial charge in [-0.3, -0.25) is 4.90 Å². The summed E-state index contributed by atoms with van der Waals surface area (Å²) in [6.45, 7) is 10.2. The van der Waals surface area contributed by atoms with Crippen LogP contribution < -0.4 is 5.73 Å². The van der Waals surface area contributed by atoms with E-state index in [0.29, 0.717) is 11.5 Å². The number of nitrogens with zero attached hydrogens (tertiary/aromatic N) is 1. The Morgan fingerprint density at radius 1 is 1.38 bits per heavy atom. The second kappa shape index (κ2) is 4.43. The van der Waals surface area contributed by atoms with Gasteiger partial charge in [0.05, 0.1) is 0 Å². The number of rotatable bonds is 5. The van der Waals surface area contributed by atoms with Gasteiger partial charge in [0.2, 0.25) is 0 Å². The summed E-state index contributed by atoms with van der Waals surface area (Å²) in [4.78, 5) is 2.54. The molecule has 2 heteroatoms. The van der Waals surface area contributed by atoms with Crippen LogP contribution in [0.15, 0.2) is 0 Å². The number of nitrogens with two attached hydrogens (primary N) is 1. The summed E-state index contributed by atoms with van der Waals surface area (Å²) in [6, 6.07) is 0.646. The molecule has 1 aliphatic rings. The molecule has 2 N–H and O–H groups in total.